The number of carbonyl (C=O) groups excluding carboxylic acids is 1. The average molecular weight is 437 g/mol. The molecule has 1 amide bonds. The van der Waals surface area contributed by atoms with Crippen molar-refractivity contribution in [1.29, 1.82) is 0 Å². The van der Waals surface area contributed by atoms with E-state index in [0.29, 0.717) is 21.7 Å². The molecule has 4 nitrogen and oxygen atoms in total. The van der Waals surface area contributed by atoms with Crippen molar-refractivity contribution in [1.82, 2.24) is 5.32 Å². The molecule has 0 radical (unpaired) electrons. The molecule has 0 spiro atoms. The van der Waals surface area contributed by atoms with E-state index in [2.05, 4.69) is 10.2 Å². The van der Waals surface area contributed by atoms with Gasteiger partial charge in [-0.25, -0.2) is 4.39 Å². The van der Waals surface area contributed by atoms with Crippen LogP contribution in [0, 0.1) is 5.82 Å². The second kappa shape index (κ2) is 8.41. The van der Waals surface area contributed by atoms with Crippen LogP contribution in [0.15, 0.2) is 30.3 Å². The van der Waals surface area contributed by atoms with Crippen molar-refractivity contribution in [2.75, 3.05) is 25.0 Å². The maximum Gasteiger partial charge on any atom is 0.254 e. The Hall–Kier alpha value is -1.98. The smallest absolute Gasteiger partial charge is 0.254 e. The quantitative estimate of drug-likeness (QED) is 0.680. The number of nitrogens with one attached hydrogen (secondary N) is 1. The lowest BCUT2D eigenvalue weighted by Crippen LogP contribution is -2.38. The highest BCUT2D eigenvalue weighted by Gasteiger charge is 2.31. The highest BCUT2D eigenvalue weighted by Crippen LogP contribution is 2.45. The average Bonchev–Trinajstić information content (AvgIpc) is 3.55. The zero-order valence-corrected chi connectivity index (χ0v) is 17.7. The number of carbonyl (C=O) groups is 1. The first kappa shape index (κ1) is 20.3. The molecule has 2 aromatic carbocycles. The molecule has 0 atom stereocenters. The van der Waals surface area contributed by atoms with E-state index in [-0.39, 0.29) is 11.7 Å². The number of anilines is 1. The summed E-state index contributed by atoms with van der Waals surface area (Å²) in [6, 6.07) is 8.69. The van der Waals surface area contributed by atoms with E-state index in [1.807, 2.05) is 12.1 Å². The van der Waals surface area contributed by atoms with Gasteiger partial charge in [0.25, 0.3) is 5.91 Å². The van der Waals surface area contributed by atoms with E-state index in [9.17, 15) is 9.18 Å². The molecule has 0 unspecified atom stereocenters. The van der Waals surface area contributed by atoms with Gasteiger partial charge in [0.1, 0.15) is 17.7 Å². The molecule has 1 heterocycles. The van der Waals surface area contributed by atoms with Crippen LogP contribution in [-0.2, 0) is 0 Å². The van der Waals surface area contributed by atoms with Crippen LogP contribution in [0.4, 0.5) is 10.1 Å². The first-order chi connectivity index (χ1) is 14.0. The summed E-state index contributed by atoms with van der Waals surface area (Å²) in [6.45, 7) is 1.64. The van der Waals surface area contributed by atoms with Crippen LogP contribution in [0.25, 0.3) is 0 Å². The number of hydrogen-bond acceptors (Lipinski definition) is 3. The van der Waals surface area contributed by atoms with Crippen molar-refractivity contribution in [3.8, 4) is 5.75 Å². The first-order valence-corrected chi connectivity index (χ1v) is 10.6. The van der Waals surface area contributed by atoms with Crippen LogP contribution in [0.2, 0.25) is 10.0 Å². The van der Waals surface area contributed by atoms with Crippen LogP contribution in [0.3, 0.4) is 0 Å². The summed E-state index contributed by atoms with van der Waals surface area (Å²) in [5, 5.41) is 3.58. The second-order valence-corrected chi connectivity index (χ2v) is 8.44. The molecule has 0 bridgehead atoms. The summed E-state index contributed by atoms with van der Waals surface area (Å²) in [4.78, 5) is 14.2. The fraction of sp³-hybridized carbons (Fsp3) is 0.409. The Bertz CT molecular complexity index is 925. The number of halogens is 3. The normalized spacial score (nSPS) is 17.3. The van der Waals surface area contributed by atoms with Crippen LogP contribution in [0.1, 0.15) is 47.5 Å². The van der Waals surface area contributed by atoms with Crippen LogP contribution in [-0.4, -0.2) is 32.1 Å². The third kappa shape index (κ3) is 4.46. The molecule has 2 aromatic rings. The Morgan fingerprint density at radius 1 is 1.10 bits per heavy atom. The van der Waals surface area contributed by atoms with Crippen molar-refractivity contribution in [3.05, 3.63) is 57.3 Å². The summed E-state index contributed by atoms with van der Waals surface area (Å²) in [5.41, 5.74) is 2.06. The predicted molar refractivity (Wildman–Crippen MR) is 114 cm³/mol. The number of rotatable bonds is 5. The van der Waals surface area contributed by atoms with Crippen molar-refractivity contribution in [2.45, 2.75) is 37.7 Å². The molecule has 2 fully saturated rings. The molecule has 1 saturated heterocycles. The molecule has 1 N–H and O–H groups in total. The van der Waals surface area contributed by atoms with Gasteiger partial charge in [0.15, 0.2) is 0 Å². The van der Waals surface area contributed by atoms with Crippen LogP contribution in [0.5, 0.6) is 5.75 Å². The lowest BCUT2D eigenvalue weighted by molar-refractivity contribution is 0.0958. The maximum absolute atomic E-state index is 14.5. The summed E-state index contributed by atoms with van der Waals surface area (Å²) in [6.07, 6.45) is 3.75. The largest absolute Gasteiger partial charge is 0.490 e. The molecule has 1 aliphatic heterocycles. The maximum atomic E-state index is 14.5. The van der Waals surface area contributed by atoms with E-state index in [4.69, 9.17) is 27.9 Å². The second-order valence-electron chi connectivity index (χ2n) is 7.63. The Morgan fingerprint density at radius 2 is 1.83 bits per heavy atom. The number of nitrogens with zero attached hydrogens (tertiary/aromatic N) is 1. The van der Waals surface area contributed by atoms with Crippen molar-refractivity contribution in [3.63, 3.8) is 0 Å². The third-order valence-electron chi connectivity index (χ3n) is 5.59. The molecule has 29 heavy (non-hydrogen) atoms. The molecular formula is C22H23Cl2FN2O2. The zero-order chi connectivity index (χ0) is 20.5. The van der Waals surface area contributed by atoms with E-state index in [1.54, 1.807) is 12.1 Å². The molecule has 1 aliphatic carbocycles. The van der Waals surface area contributed by atoms with Gasteiger partial charge in [-0.15, -0.1) is 0 Å². The highest BCUT2D eigenvalue weighted by atomic mass is 35.5. The van der Waals surface area contributed by atoms with E-state index in [1.165, 1.54) is 13.1 Å². The number of ether oxygens (including phenoxy) is 1. The molecule has 0 aromatic heterocycles. The summed E-state index contributed by atoms with van der Waals surface area (Å²) < 4.78 is 20.7. The number of amides is 1. The minimum absolute atomic E-state index is 0.0109. The van der Waals surface area contributed by atoms with Crippen LogP contribution >= 0.6 is 23.2 Å². The van der Waals surface area contributed by atoms with Crippen molar-refractivity contribution < 1.29 is 13.9 Å². The molecule has 4 rings (SSSR count). The van der Waals surface area contributed by atoms with Gasteiger partial charge in [-0.05, 0) is 48.6 Å². The monoisotopic (exact) mass is 436 g/mol. The minimum atomic E-state index is -0.544. The van der Waals surface area contributed by atoms with E-state index >= 15 is 0 Å². The van der Waals surface area contributed by atoms with Gasteiger partial charge in [-0.1, -0.05) is 23.2 Å². The molecule has 1 saturated carbocycles. The minimum Gasteiger partial charge on any atom is -0.490 e. The summed E-state index contributed by atoms with van der Waals surface area (Å²) >= 11 is 12.1. The first-order valence-electron chi connectivity index (χ1n) is 9.88. The van der Waals surface area contributed by atoms with Gasteiger partial charge in [0.05, 0.1) is 15.6 Å². The zero-order valence-electron chi connectivity index (χ0n) is 16.2. The third-order valence-corrected chi connectivity index (χ3v) is 6.33. The fourth-order valence-electron chi connectivity index (χ4n) is 3.79. The topological polar surface area (TPSA) is 41.6 Å². The van der Waals surface area contributed by atoms with Gasteiger partial charge < -0.3 is 15.0 Å². The molecule has 154 valence electrons. The van der Waals surface area contributed by atoms with Crippen molar-refractivity contribution >= 4 is 34.8 Å². The lowest BCUT2D eigenvalue weighted by Gasteiger charge is -2.34. The molecule has 7 heteroatoms. The Kier molecular flexibility index (Phi) is 5.88. The number of benzene rings is 2. The van der Waals surface area contributed by atoms with Gasteiger partial charge in [0, 0.05) is 44.7 Å². The van der Waals surface area contributed by atoms with E-state index in [0.717, 1.165) is 50.0 Å². The lowest BCUT2D eigenvalue weighted by atomic mass is 10.0. The van der Waals surface area contributed by atoms with E-state index < -0.39 is 11.7 Å². The van der Waals surface area contributed by atoms with Gasteiger partial charge in [-0.3, -0.25) is 4.79 Å². The van der Waals surface area contributed by atoms with Crippen molar-refractivity contribution in [2.24, 2.45) is 0 Å². The van der Waals surface area contributed by atoms with Gasteiger partial charge in [-0.2, -0.15) is 0 Å². The SMILES string of the molecule is CNC(=O)c1cc(C2CC2)c(OC2CCN(c3ccc(Cl)c(Cl)c3)CC2)cc1F. The predicted octanol–water partition coefficient (Wildman–Crippen LogP) is 5.42. The summed E-state index contributed by atoms with van der Waals surface area (Å²) in [7, 11) is 1.50. The Balaban J connectivity index is 1.46. The summed E-state index contributed by atoms with van der Waals surface area (Å²) in [5.74, 6) is -0.0289. The highest BCUT2D eigenvalue weighted by molar-refractivity contribution is 6.42. The Morgan fingerprint density at radius 3 is 2.45 bits per heavy atom. The van der Waals surface area contributed by atoms with Gasteiger partial charge >= 0.3 is 0 Å². The number of hydrogen-bond donors (Lipinski definition) is 1. The fourth-order valence-corrected chi connectivity index (χ4v) is 4.08. The molecular weight excluding hydrogens is 414 g/mol. The number of piperidine rings is 1. The standard InChI is InChI=1S/C22H23Cl2FN2O2/c1-26-22(28)17-11-16(13-2-3-13)21(12-20(17)25)29-15-6-8-27(9-7-15)14-4-5-18(23)19(24)10-14/h4-5,10-13,15H,2-3,6-9H2,1H3,(H,26,28). The molecule has 2 aliphatic rings. The van der Waals surface area contributed by atoms with Gasteiger partial charge in [0.2, 0.25) is 0 Å². The Labute approximate surface area is 179 Å². The van der Waals surface area contributed by atoms with Crippen LogP contribution < -0.4 is 15.0 Å².